The van der Waals surface area contributed by atoms with Crippen molar-refractivity contribution in [3.05, 3.63) is 95.1 Å². The maximum absolute atomic E-state index is 13.5. The molecule has 5 rings (SSSR count). The van der Waals surface area contributed by atoms with Crippen LogP contribution in [0.25, 0.3) is 0 Å². The summed E-state index contributed by atoms with van der Waals surface area (Å²) >= 11 is 0. The number of carbonyl (C=O) groups excluding carboxylic acids is 3. The molecule has 1 fully saturated rings. The third-order valence-corrected chi connectivity index (χ3v) is 7.69. The van der Waals surface area contributed by atoms with E-state index in [4.69, 9.17) is 4.74 Å². The lowest BCUT2D eigenvalue weighted by Crippen LogP contribution is -2.53. The van der Waals surface area contributed by atoms with Crippen LogP contribution >= 0.6 is 0 Å². The van der Waals surface area contributed by atoms with Gasteiger partial charge in [0, 0.05) is 29.7 Å². The number of amides is 3. The summed E-state index contributed by atoms with van der Waals surface area (Å²) in [7, 11) is 0. The van der Waals surface area contributed by atoms with E-state index in [1.807, 2.05) is 0 Å². The minimum atomic E-state index is -0.826. The Labute approximate surface area is 233 Å². The topological polar surface area (TPSA) is 117 Å². The first-order valence-electron chi connectivity index (χ1n) is 13.7. The molecule has 9 heteroatoms. The van der Waals surface area contributed by atoms with Crippen molar-refractivity contribution < 1.29 is 28.7 Å². The first kappa shape index (κ1) is 27.2. The van der Waals surface area contributed by atoms with Crippen molar-refractivity contribution in [3.63, 3.8) is 0 Å². The van der Waals surface area contributed by atoms with Crippen LogP contribution in [0.4, 0.5) is 10.5 Å². The quantitative estimate of drug-likeness (QED) is 0.255. The number of nitrogens with one attached hydrogen (secondary N) is 3. The van der Waals surface area contributed by atoms with Gasteiger partial charge in [0.05, 0.1) is 31.3 Å². The standard InChI is InChI=1S/C31H34N4O5/c1-2-40-30(38)22-9-11-25(12-10-22)33-31(39)34-28(17-21-7-13-27(36)14-8-21)29(37)32-26-15-16-35(20-26)18-23-5-3-4-6-24(23)19-35/h3-14,26,28H,2,15-20H2,1H3,(H3-,32,33,34,36,37,38,39)/p+1/t26-,28-/m0/s1. The normalized spacial score (nSPS) is 17.6. The molecule has 0 saturated carbocycles. The van der Waals surface area contributed by atoms with Gasteiger partial charge >= 0.3 is 12.0 Å². The molecule has 2 atom stereocenters. The molecule has 3 aromatic rings. The Morgan fingerprint density at radius 1 is 0.975 bits per heavy atom. The van der Waals surface area contributed by atoms with Crippen molar-refractivity contribution in [1.82, 2.24) is 10.6 Å². The van der Waals surface area contributed by atoms with Crippen LogP contribution in [-0.4, -0.2) is 59.3 Å². The molecule has 0 aliphatic carbocycles. The number of rotatable bonds is 8. The van der Waals surface area contributed by atoms with E-state index in [0.29, 0.717) is 11.3 Å². The molecular formula is C31H35N4O5+. The average Bonchev–Trinajstić information content (AvgIpc) is 3.51. The van der Waals surface area contributed by atoms with Crippen molar-refractivity contribution in [2.75, 3.05) is 25.0 Å². The molecular weight excluding hydrogens is 508 g/mol. The van der Waals surface area contributed by atoms with E-state index < -0.39 is 18.0 Å². The van der Waals surface area contributed by atoms with Crippen molar-refractivity contribution >= 4 is 23.6 Å². The number of urea groups is 1. The monoisotopic (exact) mass is 543 g/mol. The van der Waals surface area contributed by atoms with Crippen molar-refractivity contribution in [1.29, 1.82) is 0 Å². The number of fused-ring (bicyclic) bond motifs is 1. The van der Waals surface area contributed by atoms with Crippen molar-refractivity contribution in [2.24, 2.45) is 0 Å². The first-order chi connectivity index (χ1) is 19.3. The van der Waals surface area contributed by atoms with Crippen LogP contribution < -0.4 is 16.0 Å². The highest BCUT2D eigenvalue weighted by molar-refractivity contribution is 5.95. The van der Waals surface area contributed by atoms with E-state index in [9.17, 15) is 19.5 Å². The van der Waals surface area contributed by atoms with Crippen LogP contribution in [0, 0.1) is 0 Å². The van der Waals surface area contributed by atoms with Gasteiger partial charge in [0.15, 0.2) is 0 Å². The fourth-order valence-electron chi connectivity index (χ4n) is 5.74. The number of benzene rings is 3. The smallest absolute Gasteiger partial charge is 0.338 e. The van der Waals surface area contributed by atoms with Gasteiger partial charge in [0.2, 0.25) is 5.91 Å². The number of quaternary nitrogens is 1. The molecule has 1 saturated heterocycles. The first-order valence-corrected chi connectivity index (χ1v) is 13.7. The Morgan fingerprint density at radius 3 is 2.30 bits per heavy atom. The molecule has 0 radical (unpaired) electrons. The van der Waals surface area contributed by atoms with Crippen molar-refractivity contribution in [2.45, 2.75) is 44.9 Å². The van der Waals surface area contributed by atoms with Gasteiger partial charge in [-0.05, 0) is 48.9 Å². The largest absolute Gasteiger partial charge is 0.508 e. The van der Waals surface area contributed by atoms with E-state index in [-0.39, 0.29) is 30.7 Å². The van der Waals surface area contributed by atoms with Gasteiger partial charge in [-0.15, -0.1) is 0 Å². The number of phenolic OH excluding ortho intramolecular Hbond substituents is 1. The molecule has 2 aliphatic rings. The summed E-state index contributed by atoms with van der Waals surface area (Å²) in [6, 6.07) is 20.2. The number of hydrogen-bond acceptors (Lipinski definition) is 5. The Hall–Kier alpha value is -4.37. The Balaban J connectivity index is 1.23. The minimum Gasteiger partial charge on any atom is -0.508 e. The lowest BCUT2D eigenvalue weighted by molar-refractivity contribution is -0.936. The Morgan fingerprint density at radius 2 is 1.65 bits per heavy atom. The van der Waals surface area contributed by atoms with Crippen LogP contribution in [0.15, 0.2) is 72.8 Å². The second-order valence-corrected chi connectivity index (χ2v) is 10.6. The number of phenols is 1. The third kappa shape index (κ3) is 6.43. The maximum atomic E-state index is 13.5. The van der Waals surface area contributed by atoms with E-state index in [1.165, 1.54) is 11.1 Å². The van der Waals surface area contributed by atoms with Crippen LogP contribution in [-0.2, 0) is 29.0 Å². The zero-order chi connectivity index (χ0) is 28.1. The number of esters is 1. The Kier molecular flexibility index (Phi) is 8.02. The van der Waals surface area contributed by atoms with E-state index in [1.54, 1.807) is 55.5 Å². The van der Waals surface area contributed by atoms with Crippen LogP contribution in [0.3, 0.4) is 0 Å². The molecule has 3 amide bonds. The van der Waals surface area contributed by atoms with E-state index >= 15 is 0 Å². The third-order valence-electron chi connectivity index (χ3n) is 7.69. The molecule has 4 N–H and O–H groups in total. The predicted molar refractivity (Wildman–Crippen MR) is 151 cm³/mol. The van der Waals surface area contributed by atoms with Gasteiger partial charge in [-0.3, -0.25) is 4.79 Å². The summed E-state index contributed by atoms with van der Waals surface area (Å²) in [5.74, 6) is -0.547. The summed E-state index contributed by atoms with van der Waals surface area (Å²) in [6.45, 7) is 5.83. The predicted octanol–water partition coefficient (Wildman–Crippen LogP) is 3.72. The number of anilines is 1. The molecule has 0 bridgehead atoms. The highest BCUT2D eigenvalue weighted by Crippen LogP contribution is 2.34. The zero-order valence-corrected chi connectivity index (χ0v) is 22.6. The fourth-order valence-corrected chi connectivity index (χ4v) is 5.74. The lowest BCUT2D eigenvalue weighted by Gasteiger charge is -2.29. The van der Waals surface area contributed by atoms with Gasteiger partial charge in [0.1, 0.15) is 24.9 Å². The highest BCUT2D eigenvalue weighted by atomic mass is 16.5. The van der Waals surface area contributed by atoms with Gasteiger partial charge in [-0.2, -0.15) is 0 Å². The number of carbonyl (C=O) groups is 3. The van der Waals surface area contributed by atoms with Gasteiger partial charge in [0.25, 0.3) is 0 Å². The number of aromatic hydroxyl groups is 1. The van der Waals surface area contributed by atoms with Crippen molar-refractivity contribution in [3.8, 4) is 5.75 Å². The average molecular weight is 544 g/mol. The van der Waals surface area contributed by atoms with Crippen LogP contribution in [0.5, 0.6) is 5.75 Å². The molecule has 2 heterocycles. The van der Waals surface area contributed by atoms with Crippen LogP contribution in [0.1, 0.15) is 40.4 Å². The molecule has 3 aromatic carbocycles. The SMILES string of the molecule is CCOC(=O)c1ccc(NC(=O)N[C@@H](Cc2ccc(O)cc2)C(=O)N[C@H]2CC[N+]3(Cc4ccccc4C3)C2)cc1. The fraction of sp³-hybridized carbons (Fsp3) is 0.323. The summed E-state index contributed by atoms with van der Waals surface area (Å²) in [6.07, 6.45) is 1.14. The number of ether oxygens (including phenoxy) is 1. The molecule has 208 valence electrons. The highest BCUT2D eigenvalue weighted by Gasteiger charge is 2.43. The summed E-state index contributed by atoms with van der Waals surface area (Å²) in [5.41, 5.74) is 4.43. The van der Waals surface area contributed by atoms with Crippen LogP contribution in [0.2, 0.25) is 0 Å². The van der Waals surface area contributed by atoms with Gasteiger partial charge < -0.3 is 30.3 Å². The van der Waals surface area contributed by atoms with Gasteiger partial charge in [-0.25, -0.2) is 9.59 Å². The van der Waals surface area contributed by atoms with Gasteiger partial charge in [-0.1, -0.05) is 36.4 Å². The molecule has 0 aromatic heterocycles. The molecule has 40 heavy (non-hydrogen) atoms. The summed E-state index contributed by atoms with van der Waals surface area (Å²) in [4.78, 5) is 38.3. The van der Waals surface area contributed by atoms with E-state index in [2.05, 4.69) is 40.2 Å². The molecule has 0 unspecified atom stereocenters. The molecule has 1 spiro atoms. The number of hydrogen-bond donors (Lipinski definition) is 4. The second-order valence-electron chi connectivity index (χ2n) is 10.6. The minimum absolute atomic E-state index is 0.0180. The van der Waals surface area contributed by atoms with E-state index in [0.717, 1.165) is 42.6 Å². The summed E-state index contributed by atoms with van der Waals surface area (Å²) in [5, 5.41) is 18.4. The number of nitrogens with zero attached hydrogens (tertiary/aromatic N) is 1. The zero-order valence-electron chi connectivity index (χ0n) is 22.6. The molecule has 2 aliphatic heterocycles. The lowest BCUT2D eigenvalue weighted by atomic mass is 10.0. The summed E-state index contributed by atoms with van der Waals surface area (Å²) < 4.78 is 5.94. The second kappa shape index (κ2) is 11.8. The maximum Gasteiger partial charge on any atom is 0.338 e. The Bertz CT molecular complexity index is 1350. The molecule has 9 nitrogen and oxygen atoms in total.